The predicted octanol–water partition coefficient (Wildman–Crippen LogP) is 1.25. The number of amides is 1. The van der Waals surface area contributed by atoms with Crippen molar-refractivity contribution in [3.63, 3.8) is 0 Å². The summed E-state index contributed by atoms with van der Waals surface area (Å²) in [4.78, 5) is 37.7. The number of nitrogens with one attached hydrogen (secondary N) is 1. The molecule has 1 aliphatic rings. The molecule has 0 aliphatic carbocycles. The standard InChI is InChI=1S/C15H20FN3O6S/c1-3-4-12(21)24-8-23-6-13-25-11(7-26-13)19-5-10(16)14(17-9(2)20)18-15(19)22/h5,11,13H,3-4,6-8H2,1-2H3,(H,17,18,20,22)/t11-,13+/m1/s1. The third-order valence-corrected chi connectivity index (χ3v) is 4.35. The molecule has 11 heteroatoms. The van der Waals surface area contributed by atoms with Crippen LogP contribution in [0.2, 0.25) is 0 Å². The molecule has 26 heavy (non-hydrogen) atoms. The van der Waals surface area contributed by atoms with Gasteiger partial charge in [0.1, 0.15) is 11.7 Å². The van der Waals surface area contributed by atoms with E-state index in [0.29, 0.717) is 18.6 Å². The largest absolute Gasteiger partial charge is 0.438 e. The van der Waals surface area contributed by atoms with Gasteiger partial charge in [0.25, 0.3) is 0 Å². The number of hydrogen-bond donors (Lipinski definition) is 1. The van der Waals surface area contributed by atoms with E-state index in [-0.39, 0.29) is 19.4 Å². The number of esters is 1. The monoisotopic (exact) mass is 389 g/mol. The van der Waals surface area contributed by atoms with Gasteiger partial charge in [-0.3, -0.25) is 14.2 Å². The minimum atomic E-state index is -0.837. The van der Waals surface area contributed by atoms with E-state index in [9.17, 15) is 18.8 Å². The van der Waals surface area contributed by atoms with Crippen LogP contribution in [0.5, 0.6) is 0 Å². The Morgan fingerprint density at radius 2 is 2.31 bits per heavy atom. The molecule has 1 aromatic heterocycles. The zero-order valence-corrected chi connectivity index (χ0v) is 15.2. The van der Waals surface area contributed by atoms with E-state index in [1.54, 1.807) is 0 Å². The molecule has 1 N–H and O–H groups in total. The van der Waals surface area contributed by atoms with Gasteiger partial charge in [-0.1, -0.05) is 6.92 Å². The van der Waals surface area contributed by atoms with Crippen LogP contribution < -0.4 is 11.0 Å². The first kappa shape index (κ1) is 20.3. The summed E-state index contributed by atoms with van der Waals surface area (Å²) in [7, 11) is 0. The van der Waals surface area contributed by atoms with Gasteiger partial charge in [-0.25, -0.2) is 9.18 Å². The van der Waals surface area contributed by atoms with Gasteiger partial charge in [0, 0.05) is 19.1 Å². The summed E-state index contributed by atoms with van der Waals surface area (Å²) in [5.41, 5.74) is -1.13. The minimum absolute atomic E-state index is 0.148. The third kappa shape index (κ3) is 5.78. The van der Waals surface area contributed by atoms with Crippen LogP contribution in [0.25, 0.3) is 0 Å². The Bertz CT molecular complexity index is 713. The molecular formula is C15H20FN3O6S. The van der Waals surface area contributed by atoms with Crippen molar-refractivity contribution in [1.29, 1.82) is 0 Å². The quantitative estimate of drug-likeness (QED) is 0.402. The summed E-state index contributed by atoms with van der Waals surface area (Å²) in [6.45, 7) is 3.03. The maximum absolute atomic E-state index is 14.0. The maximum Gasteiger partial charge on any atom is 0.351 e. The molecular weight excluding hydrogens is 369 g/mol. The number of carbonyl (C=O) groups excluding carboxylic acids is 2. The number of anilines is 1. The van der Waals surface area contributed by atoms with Gasteiger partial charge >= 0.3 is 11.7 Å². The molecule has 2 atom stereocenters. The van der Waals surface area contributed by atoms with Crippen LogP contribution in [0.1, 0.15) is 32.9 Å². The predicted molar refractivity (Wildman–Crippen MR) is 90.9 cm³/mol. The molecule has 2 rings (SSSR count). The van der Waals surface area contributed by atoms with E-state index < -0.39 is 34.9 Å². The normalized spacial score (nSPS) is 19.3. The smallest absolute Gasteiger partial charge is 0.351 e. The lowest BCUT2D eigenvalue weighted by Crippen LogP contribution is -2.30. The average Bonchev–Trinajstić information content (AvgIpc) is 3.03. The van der Waals surface area contributed by atoms with E-state index in [1.807, 2.05) is 6.92 Å². The highest BCUT2D eigenvalue weighted by Crippen LogP contribution is 2.31. The van der Waals surface area contributed by atoms with Crippen molar-refractivity contribution >= 4 is 29.5 Å². The van der Waals surface area contributed by atoms with Gasteiger partial charge < -0.3 is 19.5 Å². The highest BCUT2D eigenvalue weighted by molar-refractivity contribution is 8.00. The van der Waals surface area contributed by atoms with Gasteiger partial charge in [-0.15, -0.1) is 11.8 Å². The first-order valence-corrected chi connectivity index (χ1v) is 9.02. The van der Waals surface area contributed by atoms with E-state index in [0.717, 1.165) is 10.8 Å². The molecule has 2 heterocycles. The van der Waals surface area contributed by atoms with E-state index in [4.69, 9.17) is 14.2 Å². The first-order chi connectivity index (χ1) is 12.4. The number of hydrogen-bond acceptors (Lipinski definition) is 8. The topological polar surface area (TPSA) is 109 Å². The summed E-state index contributed by atoms with van der Waals surface area (Å²) in [6, 6.07) is 0. The van der Waals surface area contributed by atoms with Crippen LogP contribution in [-0.4, -0.2) is 46.0 Å². The fraction of sp³-hybridized carbons (Fsp3) is 0.600. The molecule has 0 spiro atoms. The lowest BCUT2D eigenvalue weighted by atomic mass is 10.3. The first-order valence-electron chi connectivity index (χ1n) is 7.97. The zero-order chi connectivity index (χ0) is 19.1. The molecule has 1 aliphatic heterocycles. The van der Waals surface area contributed by atoms with Crippen LogP contribution in [0.3, 0.4) is 0 Å². The second kappa shape index (κ2) is 9.64. The maximum atomic E-state index is 14.0. The van der Waals surface area contributed by atoms with E-state index in [1.165, 1.54) is 18.7 Å². The molecule has 0 bridgehead atoms. The summed E-state index contributed by atoms with van der Waals surface area (Å²) >= 11 is 1.38. The molecule has 1 amide bonds. The second-order valence-corrected chi connectivity index (χ2v) is 6.61. The highest BCUT2D eigenvalue weighted by Gasteiger charge is 2.29. The number of aromatic nitrogens is 2. The average molecular weight is 389 g/mol. The highest BCUT2D eigenvalue weighted by atomic mass is 32.2. The SMILES string of the molecule is CCCC(=O)OCOC[C@H]1O[C@@H](n2cc(F)c(NC(C)=O)nc2=O)CS1. The van der Waals surface area contributed by atoms with E-state index in [2.05, 4.69) is 10.3 Å². The number of rotatable bonds is 8. The number of thioether (sulfide) groups is 1. The summed E-state index contributed by atoms with van der Waals surface area (Å²) in [5.74, 6) is -1.73. The van der Waals surface area contributed by atoms with Gasteiger partial charge in [0.15, 0.2) is 18.4 Å². The van der Waals surface area contributed by atoms with Crippen LogP contribution in [0, 0.1) is 5.82 Å². The van der Waals surface area contributed by atoms with Gasteiger partial charge in [0.2, 0.25) is 5.91 Å². The van der Waals surface area contributed by atoms with Crippen molar-refractivity contribution in [1.82, 2.24) is 9.55 Å². The Labute approximate surface area is 153 Å². The summed E-state index contributed by atoms with van der Waals surface area (Å²) in [6.07, 6.45) is 1.26. The van der Waals surface area contributed by atoms with Crippen molar-refractivity contribution in [2.45, 2.75) is 38.4 Å². The number of halogens is 1. The van der Waals surface area contributed by atoms with Gasteiger partial charge in [-0.05, 0) is 6.42 Å². The molecule has 1 saturated heterocycles. The Balaban J connectivity index is 1.86. The van der Waals surface area contributed by atoms with Crippen molar-refractivity contribution in [2.24, 2.45) is 0 Å². The van der Waals surface area contributed by atoms with Crippen LogP contribution >= 0.6 is 11.8 Å². The van der Waals surface area contributed by atoms with Crippen molar-refractivity contribution in [3.8, 4) is 0 Å². The van der Waals surface area contributed by atoms with Gasteiger partial charge in [-0.2, -0.15) is 4.98 Å². The van der Waals surface area contributed by atoms with Crippen molar-refractivity contribution in [2.75, 3.05) is 24.5 Å². The van der Waals surface area contributed by atoms with Crippen molar-refractivity contribution < 1.29 is 28.2 Å². The minimum Gasteiger partial charge on any atom is -0.438 e. The molecule has 0 saturated carbocycles. The van der Waals surface area contributed by atoms with Crippen LogP contribution in [0.4, 0.5) is 10.2 Å². The Kier molecular flexibility index (Phi) is 7.54. The fourth-order valence-corrected chi connectivity index (χ4v) is 3.13. The van der Waals surface area contributed by atoms with E-state index >= 15 is 0 Å². The molecule has 144 valence electrons. The number of nitrogens with zero attached hydrogens (tertiary/aromatic N) is 2. The molecule has 1 aromatic rings. The zero-order valence-electron chi connectivity index (χ0n) is 14.4. The summed E-state index contributed by atoms with van der Waals surface area (Å²) in [5, 5.41) is 2.15. The van der Waals surface area contributed by atoms with Crippen molar-refractivity contribution in [3.05, 3.63) is 22.5 Å². The summed E-state index contributed by atoms with van der Waals surface area (Å²) < 4.78 is 30.7. The molecule has 9 nitrogen and oxygen atoms in total. The third-order valence-electron chi connectivity index (χ3n) is 3.26. The Morgan fingerprint density at radius 1 is 1.54 bits per heavy atom. The lowest BCUT2D eigenvalue weighted by molar-refractivity contribution is -0.158. The number of ether oxygens (including phenoxy) is 3. The van der Waals surface area contributed by atoms with Crippen LogP contribution in [0.15, 0.2) is 11.0 Å². The Hall–Kier alpha value is -1.98. The number of carbonyl (C=O) groups is 2. The second-order valence-electron chi connectivity index (χ2n) is 5.42. The molecule has 0 radical (unpaired) electrons. The van der Waals surface area contributed by atoms with Gasteiger partial charge in [0.05, 0.1) is 12.8 Å². The lowest BCUT2D eigenvalue weighted by Gasteiger charge is -2.15. The fourth-order valence-electron chi connectivity index (χ4n) is 2.11. The van der Waals surface area contributed by atoms with Crippen LogP contribution in [-0.2, 0) is 23.8 Å². The molecule has 0 unspecified atom stereocenters. The molecule has 1 fully saturated rings. The Morgan fingerprint density at radius 3 is 3.00 bits per heavy atom. The molecule has 0 aromatic carbocycles.